The highest BCUT2D eigenvalue weighted by molar-refractivity contribution is 6.11. The van der Waals surface area contributed by atoms with Crippen molar-refractivity contribution in [3.05, 3.63) is 78.4 Å². The van der Waals surface area contributed by atoms with Gasteiger partial charge in [-0.25, -0.2) is 4.98 Å². The van der Waals surface area contributed by atoms with Crippen molar-refractivity contribution >= 4 is 39.4 Å². The number of para-hydroxylation sites is 2. The molecule has 0 bridgehead atoms. The molecule has 0 atom stereocenters. The number of pyridine rings is 1. The van der Waals surface area contributed by atoms with E-state index >= 15 is 0 Å². The molecule has 122 valence electrons. The Kier molecular flexibility index (Phi) is 3.90. The molecule has 3 nitrogen and oxygen atoms in total. The van der Waals surface area contributed by atoms with Crippen LogP contribution >= 0.6 is 0 Å². The number of anilines is 1. The van der Waals surface area contributed by atoms with Crippen molar-refractivity contribution in [2.24, 2.45) is 4.99 Å². The van der Waals surface area contributed by atoms with E-state index in [0.29, 0.717) is 0 Å². The quantitative estimate of drug-likeness (QED) is 0.382. The molecule has 1 heterocycles. The maximum Gasteiger partial charge on any atom is 0.0716 e. The van der Waals surface area contributed by atoms with Gasteiger partial charge >= 0.3 is 0 Å². The molecule has 4 rings (SSSR count). The van der Waals surface area contributed by atoms with E-state index < -0.39 is 0 Å². The Balaban J connectivity index is 1.84. The molecule has 0 aliphatic carbocycles. The van der Waals surface area contributed by atoms with Gasteiger partial charge in [0.1, 0.15) is 0 Å². The van der Waals surface area contributed by atoms with Crippen LogP contribution in [0.1, 0.15) is 5.56 Å². The Labute approximate surface area is 147 Å². The Morgan fingerprint density at radius 2 is 1.32 bits per heavy atom. The van der Waals surface area contributed by atoms with Crippen LogP contribution < -0.4 is 4.90 Å². The first-order valence-corrected chi connectivity index (χ1v) is 8.31. The number of hydrogen-bond donors (Lipinski definition) is 0. The summed E-state index contributed by atoms with van der Waals surface area (Å²) in [6.45, 7) is 0. The van der Waals surface area contributed by atoms with Gasteiger partial charge in [-0.05, 0) is 36.4 Å². The average Bonchev–Trinajstić information content (AvgIpc) is 2.65. The molecular formula is C22H19N3. The van der Waals surface area contributed by atoms with Gasteiger partial charge in [-0.2, -0.15) is 0 Å². The van der Waals surface area contributed by atoms with Crippen LogP contribution in [-0.4, -0.2) is 25.3 Å². The fraction of sp³-hybridized carbons (Fsp3) is 0.0909. The minimum absolute atomic E-state index is 0.940. The summed E-state index contributed by atoms with van der Waals surface area (Å²) in [4.78, 5) is 11.5. The Morgan fingerprint density at radius 3 is 1.88 bits per heavy atom. The second-order valence-corrected chi connectivity index (χ2v) is 6.23. The molecule has 0 amide bonds. The molecule has 0 unspecified atom stereocenters. The molecule has 3 heteroatoms. The maximum absolute atomic E-state index is 4.76. The van der Waals surface area contributed by atoms with Crippen molar-refractivity contribution in [1.29, 1.82) is 0 Å². The summed E-state index contributed by atoms with van der Waals surface area (Å²) in [6.07, 6.45) is 1.96. The van der Waals surface area contributed by atoms with Gasteiger partial charge in [0.05, 0.1) is 16.7 Å². The molecule has 0 aliphatic heterocycles. The number of aromatic nitrogens is 1. The zero-order valence-corrected chi connectivity index (χ0v) is 14.3. The van der Waals surface area contributed by atoms with E-state index in [1.54, 1.807) is 0 Å². The van der Waals surface area contributed by atoms with Gasteiger partial charge in [0.25, 0.3) is 0 Å². The normalized spacial score (nSPS) is 11.4. The highest BCUT2D eigenvalue weighted by Gasteiger charge is 2.06. The van der Waals surface area contributed by atoms with Crippen LogP contribution in [0.4, 0.5) is 11.4 Å². The highest BCUT2D eigenvalue weighted by Crippen LogP contribution is 2.25. The summed E-state index contributed by atoms with van der Waals surface area (Å²) in [7, 11) is 4.07. The lowest BCUT2D eigenvalue weighted by Gasteiger charge is -2.11. The zero-order chi connectivity index (χ0) is 17.2. The summed E-state index contributed by atoms with van der Waals surface area (Å²) < 4.78 is 0. The molecule has 25 heavy (non-hydrogen) atoms. The maximum atomic E-state index is 4.76. The van der Waals surface area contributed by atoms with Crippen molar-refractivity contribution in [2.45, 2.75) is 0 Å². The third-order valence-electron chi connectivity index (χ3n) is 4.34. The molecule has 0 spiro atoms. The Hall–Kier alpha value is -3.20. The summed E-state index contributed by atoms with van der Waals surface area (Å²) in [6, 6.07) is 24.7. The van der Waals surface area contributed by atoms with Crippen LogP contribution in [0.25, 0.3) is 21.8 Å². The molecule has 1 aromatic heterocycles. The first-order valence-electron chi connectivity index (χ1n) is 8.31. The predicted molar refractivity (Wildman–Crippen MR) is 107 cm³/mol. The van der Waals surface area contributed by atoms with Gasteiger partial charge < -0.3 is 4.90 Å². The van der Waals surface area contributed by atoms with Crippen LogP contribution in [0.2, 0.25) is 0 Å². The van der Waals surface area contributed by atoms with Gasteiger partial charge in [0.15, 0.2) is 0 Å². The summed E-state index contributed by atoms with van der Waals surface area (Å²) in [5.41, 5.74) is 5.20. The number of aliphatic imine (C=N–C) groups is 1. The number of nitrogens with zero attached hydrogens (tertiary/aromatic N) is 3. The van der Waals surface area contributed by atoms with E-state index in [2.05, 4.69) is 29.2 Å². The standard InChI is InChI=1S/C22H19N3/c1-25(2)17-13-11-16(12-14-17)23-15-20-18-7-3-5-9-21(18)24-22-10-6-4-8-19(20)22/h3-15H,1-2H3. The molecule has 0 fully saturated rings. The van der Waals surface area contributed by atoms with Crippen molar-refractivity contribution in [3.8, 4) is 0 Å². The number of benzene rings is 3. The first-order chi connectivity index (χ1) is 12.2. The van der Waals surface area contributed by atoms with E-state index in [1.165, 1.54) is 5.69 Å². The van der Waals surface area contributed by atoms with Crippen LogP contribution in [0, 0.1) is 0 Å². The van der Waals surface area contributed by atoms with Crippen molar-refractivity contribution < 1.29 is 0 Å². The topological polar surface area (TPSA) is 28.5 Å². The third kappa shape index (κ3) is 2.96. The molecule has 0 aliphatic rings. The minimum Gasteiger partial charge on any atom is -0.378 e. The number of hydrogen-bond acceptors (Lipinski definition) is 3. The first kappa shape index (κ1) is 15.3. The molecular weight excluding hydrogens is 306 g/mol. The van der Waals surface area contributed by atoms with Crippen LogP contribution in [-0.2, 0) is 0 Å². The highest BCUT2D eigenvalue weighted by atomic mass is 15.1. The van der Waals surface area contributed by atoms with E-state index in [4.69, 9.17) is 9.98 Å². The zero-order valence-electron chi connectivity index (χ0n) is 14.3. The lowest BCUT2D eigenvalue weighted by Crippen LogP contribution is -2.07. The molecule has 3 aromatic carbocycles. The van der Waals surface area contributed by atoms with Crippen LogP contribution in [0.5, 0.6) is 0 Å². The largest absolute Gasteiger partial charge is 0.378 e. The van der Waals surface area contributed by atoms with Gasteiger partial charge in [-0.1, -0.05) is 36.4 Å². The lowest BCUT2D eigenvalue weighted by molar-refractivity contribution is 1.13. The number of fused-ring (bicyclic) bond motifs is 2. The van der Waals surface area contributed by atoms with E-state index in [-0.39, 0.29) is 0 Å². The smallest absolute Gasteiger partial charge is 0.0716 e. The Morgan fingerprint density at radius 1 is 0.760 bits per heavy atom. The second kappa shape index (κ2) is 6.36. The monoisotopic (exact) mass is 325 g/mol. The van der Waals surface area contributed by atoms with E-state index in [9.17, 15) is 0 Å². The number of rotatable bonds is 3. The molecule has 0 saturated carbocycles. The molecule has 0 saturated heterocycles. The average molecular weight is 325 g/mol. The molecule has 0 radical (unpaired) electrons. The Bertz CT molecular complexity index is 1010. The summed E-state index contributed by atoms with van der Waals surface area (Å²) >= 11 is 0. The molecule has 0 N–H and O–H groups in total. The van der Waals surface area contributed by atoms with Crippen molar-refractivity contribution in [2.75, 3.05) is 19.0 Å². The van der Waals surface area contributed by atoms with E-state index in [0.717, 1.165) is 33.1 Å². The summed E-state index contributed by atoms with van der Waals surface area (Å²) in [5.74, 6) is 0. The molecule has 4 aromatic rings. The second-order valence-electron chi connectivity index (χ2n) is 6.23. The van der Waals surface area contributed by atoms with Crippen molar-refractivity contribution in [3.63, 3.8) is 0 Å². The van der Waals surface area contributed by atoms with Crippen molar-refractivity contribution in [1.82, 2.24) is 4.98 Å². The van der Waals surface area contributed by atoms with Gasteiger partial charge in [-0.15, -0.1) is 0 Å². The third-order valence-corrected chi connectivity index (χ3v) is 4.34. The van der Waals surface area contributed by atoms with Crippen LogP contribution in [0.15, 0.2) is 77.8 Å². The van der Waals surface area contributed by atoms with Gasteiger partial charge in [0, 0.05) is 42.3 Å². The predicted octanol–water partition coefficient (Wildman–Crippen LogP) is 5.20. The van der Waals surface area contributed by atoms with E-state index in [1.807, 2.05) is 68.8 Å². The fourth-order valence-corrected chi connectivity index (χ4v) is 2.99. The SMILES string of the molecule is CN(C)c1ccc(N=Cc2c3ccccc3nc3ccccc23)cc1. The van der Waals surface area contributed by atoms with Gasteiger partial charge in [0.2, 0.25) is 0 Å². The minimum atomic E-state index is 0.940. The summed E-state index contributed by atoms with van der Waals surface area (Å²) in [5, 5.41) is 2.24. The lowest BCUT2D eigenvalue weighted by atomic mass is 10.0. The van der Waals surface area contributed by atoms with Crippen LogP contribution in [0.3, 0.4) is 0 Å². The fourth-order valence-electron chi connectivity index (χ4n) is 2.99. The van der Waals surface area contributed by atoms with Gasteiger partial charge in [-0.3, -0.25) is 4.99 Å².